The number of carbonyl (C=O) groups excluding carboxylic acids is 1. The SMILES string of the molecule is CNc1cc2nc3c1ncn3C(=O)N[C@@H]1C[C@@H](F)C[C@H]1OCc1cc(c(OC)nn1)N2. The number of nitrogens with one attached hydrogen (secondary N) is 3. The van der Waals surface area contributed by atoms with E-state index in [1.54, 1.807) is 19.2 Å². The summed E-state index contributed by atoms with van der Waals surface area (Å²) in [5, 5.41) is 17.3. The zero-order chi connectivity index (χ0) is 21.5. The van der Waals surface area contributed by atoms with Crippen LogP contribution in [0.2, 0.25) is 0 Å². The van der Waals surface area contributed by atoms with Crippen molar-refractivity contribution in [2.75, 3.05) is 24.8 Å². The first-order valence-electron chi connectivity index (χ1n) is 9.85. The van der Waals surface area contributed by atoms with Gasteiger partial charge in [0.05, 0.1) is 37.2 Å². The molecule has 162 valence electrons. The Morgan fingerprint density at radius 3 is 3.00 bits per heavy atom. The number of hydrogen-bond acceptors (Lipinski definition) is 9. The van der Waals surface area contributed by atoms with Crippen molar-refractivity contribution in [1.82, 2.24) is 30.0 Å². The summed E-state index contributed by atoms with van der Waals surface area (Å²) >= 11 is 0. The maximum atomic E-state index is 14.1. The number of ether oxygens (including phenoxy) is 2. The fraction of sp³-hybridized carbons (Fsp3) is 0.421. The Kier molecular flexibility index (Phi) is 4.77. The van der Waals surface area contributed by atoms with E-state index >= 15 is 0 Å². The highest BCUT2D eigenvalue weighted by Crippen LogP contribution is 2.31. The van der Waals surface area contributed by atoms with Crippen molar-refractivity contribution in [2.45, 2.75) is 37.8 Å². The van der Waals surface area contributed by atoms with Gasteiger partial charge in [0.25, 0.3) is 5.88 Å². The summed E-state index contributed by atoms with van der Waals surface area (Å²) in [4.78, 5) is 21.9. The van der Waals surface area contributed by atoms with E-state index in [-0.39, 0.29) is 25.3 Å². The molecule has 12 heteroatoms. The van der Waals surface area contributed by atoms with Crippen LogP contribution in [-0.4, -0.2) is 63.2 Å². The molecule has 1 fully saturated rings. The molecule has 0 aromatic carbocycles. The molecule has 31 heavy (non-hydrogen) atoms. The average Bonchev–Trinajstić information content (AvgIpc) is 3.34. The molecule has 11 nitrogen and oxygen atoms in total. The first-order valence-corrected chi connectivity index (χ1v) is 9.85. The molecule has 3 N–H and O–H groups in total. The number of aromatic nitrogens is 5. The molecule has 0 saturated heterocycles. The number of alkyl halides is 1. The Bertz CT molecular complexity index is 1150. The van der Waals surface area contributed by atoms with Crippen molar-refractivity contribution in [3.8, 4) is 5.88 Å². The number of pyridine rings is 1. The second-order valence-corrected chi connectivity index (χ2v) is 7.45. The van der Waals surface area contributed by atoms with Gasteiger partial charge in [-0.1, -0.05) is 0 Å². The summed E-state index contributed by atoms with van der Waals surface area (Å²) in [5.74, 6) is 0.724. The third kappa shape index (κ3) is 3.48. The van der Waals surface area contributed by atoms with Crippen molar-refractivity contribution < 1.29 is 18.7 Å². The molecule has 3 aromatic heterocycles. The quantitative estimate of drug-likeness (QED) is 0.561. The fourth-order valence-electron chi connectivity index (χ4n) is 3.96. The number of carbonyl (C=O) groups is 1. The summed E-state index contributed by atoms with van der Waals surface area (Å²) in [6, 6.07) is 2.57. The van der Waals surface area contributed by atoms with Gasteiger partial charge in [-0.15, -0.1) is 10.2 Å². The van der Waals surface area contributed by atoms with Gasteiger partial charge in [0.15, 0.2) is 5.65 Å². The summed E-state index contributed by atoms with van der Waals surface area (Å²) in [6.07, 6.45) is 0.202. The van der Waals surface area contributed by atoms with Crippen LogP contribution in [0.4, 0.5) is 26.4 Å². The normalized spacial score (nSPS) is 23.1. The van der Waals surface area contributed by atoms with Crippen molar-refractivity contribution in [2.24, 2.45) is 0 Å². The van der Waals surface area contributed by atoms with Gasteiger partial charge in [-0.05, 0) is 6.07 Å². The Hall–Kier alpha value is -3.54. The van der Waals surface area contributed by atoms with Crippen LogP contribution in [0, 0.1) is 0 Å². The van der Waals surface area contributed by atoms with Crippen LogP contribution in [0.15, 0.2) is 18.5 Å². The number of hydrogen-bond donors (Lipinski definition) is 3. The van der Waals surface area contributed by atoms with Crippen LogP contribution >= 0.6 is 0 Å². The third-order valence-electron chi connectivity index (χ3n) is 5.46. The van der Waals surface area contributed by atoms with Gasteiger partial charge < -0.3 is 25.4 Å². The summed E-state index contributed by atoms with van der Waals surface area (Å²) in [6.45, 7) is 0.111. The lowest BCUT2D eigenvalue weighted by Crippen LogP contribution is -2.43. The van der Waals surface area contributed by atoms with Gasteiger partial charge in [0, 0.05) is 26.0 Å². The Morgan fingerprint density at radius 2 is 2.19 bits per heavy atom. The van der Waals surface area contributed by atoms with E-state index < -0.39 is 24.3 Å². The summed E-state index contributed by atoms with van der Waals surface area (Å²) in [5.41, 5.74) is 2.62. The second-order valence-electron chi connectivity index (χ2n) is 7.45. The number of methoxy groups -OCH3 is 1. The van der Waals surface area contributed by atoms with Crippen molar-refractivity contribution >= 4 is 34.4 Å². The molecule has 0 unspecified atom stereocenters. The number of fused-ring (bicyclic) bond motifs is 4. The standard InChI is InChI=1S/C19H21FN8O3/c1-21-12-6-15-23-13-5-10(26-27-18(13)30-2)7-31-14-4-9(20)3-11(14)24-19(29)28-8-22-16(12)17(28)25-15/h5-6,8-9,11,14H,3-4,7H2,1-2H3,(H,24,29)(H2,21,23,25)/t9-,11-,14-/m1/s1. The minimum atomic E-state index is -1.06. The number of imidazole rings is 1. The zero-order valence-electron chi connectivity index (χ0n) is 16.9. The number of halogens is 1. The molecule has 0 radical (unpaired) electrons. The number of nitrogens with zero attached hydrogens (tertiary/aromatic N) is 5. The molecule has 4 heterocycles. The predicted molar refractivity (Wildman–Crippen MR) is 109 cm³/mol. The number of amides is 1. The lowest BCUT2D eigenvalue weighted by Gasteiger charge is -2.21. The van der Waals surface area contributed by atoms with Crippen LogP contribution in [0.3, 0.4) is 0 Å². The largest absolute Gasteiger partial charge is 0.478 e. The van der Waals surface area contributed by atoms with Crippen molar-refractivity contribution in [3.05, 3.63) is 24.2 Å². The van der Waals surface area contributed by atoms with Crippen LogP contribution < -0.4 is 20.7 Å². The van der Waals surface area contributed by atoms with Crippen LogP contribution in [0.1, 0.15) is 18.5 Å². The molecule has 5 rings (SSSR count). The maximum Gasteiger partial charge on any atom is 0.328 e. The van der Waals surface area contributed by atoms with Gasteiger partial charge in [-0.25, -0.2) is 23.7 Å². The van der Waals surface area contributed by atoms with Crippen LogP contribution in [0.5, 0.6) is 5.88 Å². The molecule has 1 aliphatic carbocycles. The predicted octanol–water partition coefficient (Wildman–Crippen LogP) is 1.97. The van der Waals surface area contributed by atoms with Gasteiger partial charge in [0.2, 0.25) is 0 Å². The maximum absolute atomic E-state index is 14.1. The van der Waals surface area contributed by atoms with Crippen LogP contribution in [-0.2, 0) is 11.3 Å². The summed E-state index contributed by atoms with van der Waals surface area (Å²) < 4.78 is 26.7. The lowest BCUT2D eigenvalue weighted by atomic mass is 10.2. The molecule has 2 aliphatic rings. The van der Waals surface area contributed by atoms with Gasteiger partial charge >= 0.3 is 6.03 Å². The highest BCUT2D eigenvalue weighted by Gasteiger charge is 2.37. The first kappa shape index (κ1) is 19.4. The molecular weight excluding hydrogens is 407 g/mol. The number of anilines is 3. The summed E-state index contributed by atoms with van der Waals surface area (Å²) in [7, 11) is 3.24. The van der Waals surface area contributed by atoms with E-state index in [9.17, 15) is 9.18 Å². The van der Waals surface area contributed by atoms with Gasteiger partial charge in [-0.3, -0.25) is 0 Å². The molecule has 3 aromatic rings. The molecule has 4 bridgehead atoms. The molecule has 0 spiro atoms. The molecular formula is C19H21FN8O3. The third-order valence-corrected chi connectivity index (χ3v) is 5.46. The molecule has 1 aliphatic heterocycles. The monoisotopic (exact) mass is 428 g/mol. The Morgan fingerprint density at radius 1 is 1.32 bits per heavy atom. The van der Waals surface area contributed by atoms with E-state index in [0.29, 0.717) is 34.1 Å². The smallest absolute Gasteiger partial charge is 0.328 e. The Balaban J connectivity index is 1.66. The minimum Gasteiger partial charge on any atom is -0.478 e. The van der Waals surface area contributed by atoms with E-state index in [1.165, 1.54) is 18.0 Å². The molecule has 3 atom stereocenters. The minimum absolute atomic E-state index is 0.111. The second kappa shape index (κ2) is 7.61. The van der Waals surface area contributed by atoms with E-state index in [4.69, 9.17) is 9.47 Å². The van der Waals surface area contributed by atoms with E-state index in [2.05, 4.69) is 36.1 Å². The fourth-order valence-corrected chi connectivity index (χ4v) is 3.96. The molecule has 1 saturated carbocycles. The van der Waals surface area contributed by atoms with Crippen molar-refractivity contribution in [3.63, 3.8) is 0 Å². The topological polar surface area (TPSA) is 128 Å². The highest BCUT2D eigenvalue weighted by molar-refractivity contribution is 5.94. The molecule has 1 amide bonds. The zero-order valence-corrected chi connectivity index (χ0v) is 16.9. The number of rotatable bonds is 2. The highest BCUT2D eigenvalue weighted by atomic mass is 19.1. The van der Waals surface area contributed by atoms with E-state index in [1.807, 2.05) is 0 Å². The lowest BCUT2D eigenvalue weighted by molar-refractivity contribution is 0.0252. The first-order chi connectivity index (χ1) is 15.1. The Labute approximate surface area is 176 Å². The average molecular weight is 428 g/mol. The van der Waals surface area contributed by atoms with Crippen LogP contribution in [0.25, 0.3) is 11.2 Å². The van der Waals surface area contributed by atoms with Gasteiger partial charge in [-0.2, -0.15) is 0 Å². The van der Waals surface area contributed by atoms with Gasteiger partial charge in [0.1, 0.15) is 29.5 Å². The van der Waals surface area contributed by atoms with E-state index in [0.717, 1.165) is 0 Å². The van der Waals surface area contributed by atoms with Crippen molar-refractivity contribution in [1.29, 1.82) is 0 Å².